The first kappa shape index (κ1) is 11.7. The largest absolute Gasteiger partial charge is 0.322 e. The summed E-state index contributed by atoms with van der Waals surface area (Å²) in [5.74, 6) is -0.160. The molecule has 0 saturated carbocycles. The molecule has 1 amide bonds. The number of halogens is 1. The van der Waals surface area contributed by atoms with E-state index in [0.717, 1.165) is 0 Å². The topological polar surface area (TPSA) is 54.0 Å². The van der Waals surface area contributed by atoms with E-state index in [9.17, 15) is 4.79 Å². The highest BCUT2D eigenvalue weighted by atomic mass is 35.5. The van der Waals surface area contributed by atoms with Crippen molar-refractivity contribution >= 4 is 23.2 Å². The molecule has 0 saturated heterocycles. The fraction of sp³-hybridized carbons (Fsp3) is 0.200. The first-order chi connectivity index (χ1) is 7.24. The second kappa shape index (κ2) is 6.16. The predicted molar refractivity (Wildman–Crippen MR) is 60.9 cm³/mol. The molecule has 2 N–H and O–H groups in total. The van der Waals surface area contributed by atoms with Gasteiger partial charge in [0, 0.05) is 12.7 Å². The number of nitrogens with one attached hydrogen (secondary N) is 2. The van der Waals surface area contributed by atoms with Crippen molar-refractivity contribution in [3.05, 3.63) is 36.1 Å². The van der Waals surface area contributed by atoms with Crippen LogP contribution in [-0.4, -0.2) is 24.0 Å². The molecule has 0 aliphatic rings. The van der Waals surface area contributed by atoms with Crippen LogP contribution in [0.3, 0.4) is 0 Å². The van der Waals surface area contributed by atoms with Crippen LogP contribution in [0.15, 0.2) is 31.0 Å². The van der Waals surface area contributed by atoms with E-state index in [4.69, 9.17) is 11.6 Å². The van der Waals surface area contributed by atoms with E-state index in [2.05, 4.69) is 22.2 Å². The average Bonchev–Trinajstić information content (AvgIpc) is 2.22. The summed E-state index contributed by atoms with van der Waals surface area (Å²) in [4.78, 5) is 15.2. The quantitative estimate of drug-likeness (QED) is 0.453. The van der Waals surface area contributed by atoms with Crippen LogP contribution in [-0.2, 0) is 4.79 Å². The molecule has 0 spiro atoms. The van der Waals surface area contributed by atoms with Gasteiger partial charge in [-0.05, 0) is 12.1 Å². The number of hydrogen-bond acceptors (Lipinski definition) is 3. The zero-order valence-corrected chi connectivity index (χ0v) is 8.92. The van der Waals surface area contributed by atoms with Crippen molar-refractivity contribution in [2.75, 3.05) is 18.4 Å². The zero-order valence-electron chi connectivity index (χ0n) is 8.16. The fourth-order valence-corrected chi connectivity index (χ4v) is 1.13. The van der Waals surface area contributed by atoms with Gasteiger partial charge in [-0.3, -0.25) is 4.79 Å². The number of rotatable bonds is 5. The van der Waals surface area contributed by atoms with Crippen LogP contribution in [0.1, 0.15) is 0 Å². The maximum absolute atomic E-state index is 11.3. The van der Waals surface area contributed by atoms with E-state index in [1.807, 2.05) is 0 Å². The molecular formula is C10H12ClN3O. The Morgan fingerprint density at radius 1 is 1.67 bits per heavy atom. The highest BCUT2D eigenvalue weighted by molar-refractivity contribution is 6.32. The third-order valence-electron chi connectivity index (χ3n) is 1.61. The molecule has 15 heavy (non-hydrogen) atoms. The summed E-state index contributed by atoms with van der Waals surface area (Å²) < 4.78 is 0. The first-order valence-electron chi connectivity index (χ1n) is 4.46. The predicted octanol–water partition coefficient (Wildman–Crippen LogP) is 1.45. The van der Waals surface area contributed by atoms with Crippen molar-refractivity contribution in [3.8, 4) is 0 Å². The first-order valence-corrected chi connectivity index (χ1v) is 4.84. The second-order valence-corrected chi connectivity index (χ2v) is 3.17. The van der Waals surface area contributed by atoms with Crippen molar-refractivity contribution in [1.29, 1.82) is 0 Å². The van der Waals surface area contributed by atoms with E-state index < -0.39 is 0 Å². The van der Waals surface area contributed by atoms with Crippen molar-refractivity contribution in [3.63, 3.8) is 0 Å². The number of carbonyl (C=O) groups is 1. The van der Waals surface area contributed by atoms with Gasteiger partial charge in [-0.15, -0.1) is 6.58 Å². The number of hydrogen-bond donors (Lipinski definition) is 2. The molecule has 0 bridgehead atoms. The van der Waals surface area contributed by atoms with E-state index in [0.29, 0.717) is 12.2 Å². The van der Waals surface area contributed by atoms with Gasteiger partial charge in [0.1, 0.15) is 0 Å². The third kappa shape index (κ3) is 4.10. The number of nitrogens with zero attached hydrogens (tertiary/aromatic N) is 1. The molecule has 0 fully saturated rings. The van der Waals surface area contributed by atoms with Gasteiger partial charge in [0.15, 0.2) is 5.15 Å². The summed E-state index contributed by atoms with van der Waals surface area (Å²) in [5, 5.41) is 5.81. The lowest BCUT2D eigenvalue weighted by Gasteiger charge is -2.06. The Morgan fingerprint density at radius 2 is 2.47 bits per heavy atom. The summed E-state index contributed by atoms with van der Waals surface area (Å²) in [6.45, 7) is 4.34. The van der Waals surface area contributed by atoms with E-state index in [1.165, 1.54) is 0 Å². The summed E-state index contributed by atoms with van der Waals surface area (Å²) >= 11 is 5.77. The minimum atomic E-state index is -0.160. The van der Waals surface area contributed by atoms with Crippen LogP contribution >= 0.6 is 11.6 Å². The number of amides is 1. The molecule has 1 aromatic rings. The van der Waals surface area contributed by atoms with Crippen molar-refractivity contribution in [2.45, 2.75) is 0 Å². The monoisotopic (exact) mass is 225 g/mol. The van der Waals surface area contributed by atoms with Gasteiger partial charge in [-0.2, -0.15) is 0 Å². The average molecular weight is 226 g/mol. The maximum Gasteiger partial charge on any atom is 0.238 e. The maximum atomic E-state index is 11.3. The molecule has 0 atom stereocenters. The summed E-state index contributed by atoms with van der Waals surface area (Å²) in [7, 11) is 0. The zero-order chi connectivity index (χ0) is 11.1. The number of aromatic nitrogens is 1. The second-order valence-electron chi connectivity index (χ2n) is 2.81. The van der Waals surface area contributed by atoms with Crippen LogP contribution in [0.4, 0.5) is 5.69 Å². The molecule has 5 heteroatoms. The van der Waals surface area contributed by atoms with Gasteiger partial charge in [-0.1, -0.05) is 17.7 Å². The van der Waals surface area contributed by atoms with Gasteiger partial charge in [0.25, 0.3) is 0 Å². The SMILES string of the molecule is C=CCNCC(=O)Nc1cccnc1Cl. The van der Waals surface area contributed by atoms with Crippen LogP contribution < -0.4 is 10.6 Å². The van der Waals surface area contributed by atoms with Crippen molar-refractivity contribution in [2.24, 2.45) is 0 Å². The number of pyridine rings is 1. The molecule has 0 unspecified atom stereocenters. The summed E-state index contributed by atoms with van der Waals surface area (Å²) in [6, 6.07) is 3.40. The Bertz CT molecular complexity index is 354. The van der Waals surface area contributed by atoms with Gasteiger partial charge >= 0.3 is 0 Å². The van der Waals surface area contributed by atoms with E-state index in [1.54, 1.807) is 24.4 Å². The molecule has 0 aromatic carbocycles. The lowest BCUT2D eigenvalue weighted by Crippen LogP contribution is -2.28. The number of carbonyl (C=O) groups excluding carboxylic acids is 1. The molecule has 0 aliphatic carbocycles. The Hall–Kier alpha value is -1.39. The third-order valence-corrected chi connectivity index (χ3v) is 1.91. The lowest BCUT2D eigenvalue weighted by molar-refractivity contribution is -0.115. The van der Waals surface area contributed by atoms with E-state index in [-0.39, 0.29) is 17.6 Å². The molecule has 80 valence electrons. The Balaban J connectivity index is 2.44. The van der Waals surface area contributed by atoms with Gasteiger partial charge < -0.3 is 10.6 Å². The Morgan fingerprint density at radius 3 is 3.13 bits per heavy atom. The molecule has 1 heterocycles. The normalized spacial score (nSPS) is 9.67. The standard InChI is InChI=1S/C10H12ClN3O/c1-2-5-12-7-9(15)14-8-4-3-6-13-10(8)11/h2-4,6,12H,1,5,7H2,(H,14,15). The molecule has 1 aromatic heterocycles. The van der Waals surface area contributed by atoms with Crippen molar-refractivity contribution in [1.82, 2.24) is 10.3 Å². The fourth-order valence-electron chi connectivity index (χ4n) is 0.961. The van der Waals surface area contributed by atoms with E-state index >= 15 is 0 Å². The molecule has 0 radical (unpaired) electrons. The molecule has 4 nitrogen and oxygen atoms in total. The summed E-state index contributed by atoms with van der Waals surface area (Å²) in [5.41, 5.74) is 0.518. The number of anilines is 1. The molecule has 0 aliphatic heterocycles. The van der Waals surface area contributed by atoms with Crippen LogP contribution in [0, 0.1) is 0 Å². The van der Waals surface area contributed by atoms with Crippen LogP contribution in [0.5, 0.6) is 0 Å². The van der Waals surface area contributed by atoms with Gasteiger partial charge in [-0.25, -0.2) is 4.98 Å². The molecule has 1 rings (SSSR count). The van der Waals surface area contributed by atoms with Gasteiger partial charge in [0.2, 0.25) is 5.91 Å². The highest BCUT2D eigenvalue weighted by Gasteiger charge is 2.04. The smallest absolute Gasteiger partial charge is 0.238 e. The Kier molecular flexibility index (Phi) is 4.80. The lowest BCUT2D eigenvalue weighted by atomic mass is 10.4. The van der Waals surface area contributed by atoms with Crippen LogP contribution in [0.25, 0.3) is 0 Å². The van der Waals surface area contributed by atoms with Crippen LogP contribution in [0.2, 0.25) is 5.15 Å². The Labute approximate surface area is 93.4 Å². The minimum absolute atomic E-state index is 0.160. The van der Waals surface area contributed by atoms with Gasteiger partial charge in [0.05, 0.1) is 12.2 Å². The molecular weight excluding hydrogens is 214 g/mol. The minimum Gasteiger partial charge on any atom is -0.322 e. The highest BCUT2D eigenvalue weighted by Crippen LogP contribution is 2.16. The summed E-state index contributed by atoms with van der Waals surface area (Å²) in [6.07, 6.45) is 3.25. The van der Waals surface area contributed by atoms with Crippen molar-refractivity contribution < 1.29 is 4.79 Å².